The lowest BCUT2D eigenvalue weighted by Gasteiger charge is -2.21. The summed E-state index contributed by atoms with van der Waals surface area (Å²) in [5.41, 5.74) is 0. The first-order valence-electron chi connectivity index (χ1n) is 7.72. The molecule has 0 saturated heterocycles. The molecular weight excluding hydrogens is 352 g/mol. The van der Waals surface area contributed by atoms with Crippen molar-refractivity contribution in [2.45, 2.75) is 11.8 Å². The van der Waals surface area contributed by atoms with E-state index >= 15 is 0 Å². The molecule has 0 aromatic heterocycles. The van der Waals surface area contributed by atoms with E-state index in [2.05, 4.69) is 28.1 Å². The lowest BCUT2D eigenvalue weighted by atomic mass is 10.4. The van der Waals surface area contributed by atoms with Crippen LogP contribution in [-0.4, -0.2) is 55.1 Å². The van der Waals surface area contributed by atoms with Gasteiger partial charge in [-0.1, -0.05) is 36.8 Å². The highest BCUT2D eigenvalue weighted by atomic mass is 32.2. The number of aliphatic imine (C=N–C) groups is 1. The number of hydrogen-bond donors (Lipinski definition) is 1. The second-order valence-corrected chi connectivity index (χ2v) is 5.89. The van der Waals surface area contributed by atoms with Crippen LogP contribution in [0.2, 0.25) is 0 Å². The molecule has 0 atom stereocenters. The maximum Gasteiger partial charge on any atom is 0.347 e. The smallest absolute Gasteiger partial charge is 0.347 e. The summed E-state index contributed by atoms with van der Waals surface area (Å²) in [6, 6.07) is 8.14. The average Bonchev–Trinajstić information content (AvgIpc) is 2.64. The Kier molecular flexibility index (Phi) is 9.43. The number of nitrogens with one attached hydrogen (secondary N) is 1. The first-order valence-corrected chi connectivity index (χ1v) is 8.54. The lowest BCUT2D eigenvalue weighted by Crippen LogP contribution is -2.44. The summed E-state index contributed by atoms with van der Waals surface area (Å²) < 4.78 is 8.11. The fraction of sp³-hybridized carbons (Fsp3) is 0.278. The van der Waals surface area contributed by atoms with Crippen LogP contribution < -0.4 is 4.72 Å². The van der Waals surface area contributed by atoms with E-state index in [0.29, 0.717) is 0 Å². The first-order chi connectivity index (χ1) is 12.5. The molecule has 1 N–H and O–H groups in total. The Hall–Kier alpha value is -2.92. The van der Waals surface area contributed by atoms with Crippen LogP contribution in [-0.2, 0) is 4.74 Å². The summed E-state index contributed by atoms with van der Waals surface area (Å²) in [5, 5.41) is 0. The molecule has 0 unspecified atom stereocenters. The van der Waals surface area contributed by atoms with Crippen molar-refractivity contribution < 1.29 is 14.3 Å². The van der Waals surface area contributed by atoms with Gasteiger partial charge in [0.25, 0.3) is 0 Å². The minimum absolute atomic E-state index is 0.0222. The number of carbonyl (C=O) groups is 2. The molecule has 1 aromatic rings. The highest BCUT2D eigenvalue weighted by molar-refractivity contribution is 7.98. The molecule has 8 heteroatoms. The number of carbonyl (C=O) groups excluding carboxylic acids is 2. The quantitative estimate of drug-likeness (QED) is 0.283. The number of rotatable bonds is 5. The molecular formula is C18H22N4O3S. The Labute approximate surface area is 158 Å². The van der Waals surface area contributed by atoms with Crippen LogP contribution >= 0.6 is 11.9 Å². The first kappa shape index (κ1) is 21.1. The van der Waals surface area contributed by atoms with E-state index in [1.165, 1.54) is 11.0 Å². The van der Waals surface area contributed by atoms with Crippen LogP contribution in [0.25, 0.3) is 0 Å². The minimum Gasteiger partial charge on any atom is -0.460 e. The fourth-order valence-corrected chi connectivity index (χ4v) is 2.13. The van der Waals surface area contributed by atoms with Crippen LogP contribution in [0.1, 0.15) is 6.92 Å². The average molecular weight is 374 g/mol. The van der Waals surface area contributed by atoms with E-state index in [1.54, 1.807) is 21.0 Å². The molecule has 0 fully saturated rings. The lowest BCUT2D eigenvalue weighted by molar-refractivity contribution is 0.211. The minimum atomic E-state index is -0.554. The van der Waals surface area contributed by atoms with Crippen molar-refractivity contribution in [1.29, 1.82) is 0 Å². The van der Waals surface area contributed by atoms with Crippen molar-refractivity contribution in [2.24, 2.45) is 4.99 Å². The van der Waals surface area contributed by atoms with Crippen LogP contribution in [0.4, 0.5) is 9.59 Å². The molecule has 1 rings (SSSR count). The molecule has 7 nitrogen and oxygen atoms in total. The van der Waals surface area contributed by atoms with E-state index in [1.807, 2.05) is 30.3 Å². The molecule has 0 aliphatic carbocycles. The summed E-state index contributed by atoms with van der Waals surface area (Å²) in [6.45, 7) is 5.33. The van der Waals surface area contributed by atoms with Crippen LogP contribution in [0.3, 0.4) is 0 Å². The van der Waals surface area contributed by atoms with Gasteiger partial charge < -0.3 is 9.64 Å². The normalized spacial score (nSPS) is 10.2. The van der Waals surface area contributed by atoms with Gasteiger partial charge >= 0.3 is 18.1 Å². The standard InChI is InChI=1S/C18H22N4O3S/c1-5-7-13-22(17(24)20-26-15-11-9-8-10-12-15)18(25-14-6-2)19-16(23)21(3)4/h6,8-12H,2,13-14H2,1,3-4H3,(H,20,24). The third-order valence-corrected chi connectivity index (χ3v) is 3.58. The molecule has 0 saturated carbocycles. The predicted octanol–water partition coefficient (Wildman–Crippen LogP) is 2.97. The summed E-state index contributed by atoms with van der Waals surface area (Å²) in [5.74, 6) is 5.49. The molecule has 26 heavy (non-hydrogen) atoms. The van der Waals surface area contributed by atoms with Gasteiger partial charge in [0, 0.05) is 19.0 Å². The molecule has 0 radical (unpaired) electrons. The maximum absolute atomic E-state index is 12.6. The number of amidine groups is 1. The molecule has 0 spiro atoms. The maximum atomic E-state index is 12.6. The van der Waals surface area contributed by atoms with Gasteiger partial charge in [0.05, 0.1) is 6.54 Å². The third kappa shape index (κ3) is 7.32. The van der Waals surface area contributed by atoms with Gasteiger partial charge in [-0.25, -0.2) is 14.5 Å². The second kappa shape index (κ2) is 11.6. The molecule has 0 aliphatic rings. The van der Waals surface area contributed by atoms with E-state index < -0.39 is 12.1 Å². The molecule has 138 valence electrons. The van der Waals surface area contributed by atoms with Crippen LogP contribution in [0, 0.1) is 11.8 Å². The van der Waals surface area contributed by atoms with E-state index in [4.69, 9.17) is 4.74 Å². The zero-order chi connectivity index (χ0) is 19.4. The molecule has 4 amide bonds. The zero-order valence-corrected chi connectivity index (χ0v) is 15.9. The van der Waals surface area contributed by atoms with Crippen molar-refractivity contribution in [3.05, 3.63) is 43.0 Å². The summed E-state index contributed by atoms with van der Waals surface area (Å²) in [4.78, 5) is 31.7. The van der Waals surface area contributed by atoms with Crippen LogP contribution in [0.15, 0.2) is 52.9 Å². The fourth-order valence-electron chi connectivity index (χ4n) is 1.52. The topological polar surface area (TPSA) is 74.2 Å². The van der Waals surface area contributed by atoms with Gasteiger partial charge in [-0.05, 0) is 31.0 Å². The van der Waals surface area contributed by atoms with Gasteiger partial charge in [0.15, 0.2) is 0 Å². The number of nitrogens with zero attached hydrogens (tertiary/aromatic N) is 3. The number of hydrogen-bond acceptors (Lipinski definition) is 4. The monoisotopic (exact) mass is 374 g/mol. The third-order valence-electron chi connectivity index (χ3n) is 2.79. The Morgan fingerprint density at radius 2 is 2.04 bits per heavy atom. The van der Waals surface area contributed by atoms with Crippen molar-refractivity contribution in [3.63, 3.8) is 0 Å². The number of ether oxygens (including phenoxy) is 1. The van der Waals surface area contributed by atoms with Crippen molar-refractivity contribution >= 4 is 30.0 Å². The summed E-state index contributed by atoms with van der Waals surface area (Å²) in [6.07, 6.45) is 1.50. The highest BCUT2D eigenvalue weighted by Gasteiger charge is 2.22. The van der Waals surface area contributed by atoms with Gasteiger partial charge in [0.2, 0.25) is 0 Å². The van der Waals surface area contributed by atoms with Crippen LogP contribution in [0.5, 0.6) is 0 Å². The summed E-state index contributed by atoms with van der Waals surface area (Å²) >= 11 is 1.14. The summed E-state index contributed by atoms with van der Waals surface area (Å²) in [7, 11) is 3.11. The predicted molar refractivity (Wildman–Crippen MR) is 104 cm³/mol. The molecule has 1 aromatic carbocycles. The number of amides is 4. The SMILES string of the molecule is C=CCOC(=NC(=O)N(C)C)N(CC#CC)C(=O)NSc1ccccc1. The van der Waals surface area contributed by atoms with Crippen molar-refractivity contribution in [2.75, 3.05) is 27.2 Å². The van der Waals surface area contributed by atoms with E-state index in [9.17, 15) is 9.59 Å². The van der Waals surface area contributed by atoms with Gasteiger partial charge in [-0.15, -0.1) is 10.9 Å². The zero-order valence-electron chi connectivity index (χ0n) is 15.1. The van der Waals surface area contributed by atoms with Gasteiger partial charge in [-0.3, -0.25) is 4.72 Å². The van der Waals surface area contributed by atoms with Crippen molar-refractivity contribution in [1.82, 2.24) is 14.5 Å². The Morgan fingerprint density at radius 3 is 2.62 bits per heavy atom. The Bertz CT molecular complexity index is 708. The van der Waals surface area contributed by atoms with Gasteiger partial charge in [-0.2, -0.15) is 0 Å². The highest BCUT2D eigenvalue weighted by Crippen LogP contribution is 2.13. The molecule has 0 heterocycles. The molecule has 0 aliphatic heterocycles. The number of benzene rings is 1. The van der Waals surface area contributed by atoms with Crippen molar-refractivity contribution in [3.8, 4) is 11.8 Å². The molecule has 0 bridgehead atoms. The van der Waals surface area contributed by atoms with E-state index in [0.717, 1.165) is 21.7 Å². The Balaban J connectivity index is 3.00. The van der Waals surface area contributed by atoms with Gasteiger partial charge in [0.1, 0.15) is 6.61 Å². The number of urea groups is 2. The van der Waals surface area contributed by atoms with E-state index in [-0.39, 0.29) is 19.2 Å². The Morgan fingerprint density at radius 1 is 1.35 bits per heavy atom. The second-order valence-electron chi connectivity index (χ2n) is 5.01. The largest absolute Gasteiger partial charge is 0.460 e.